The minimum absolute atomic E-state index is 0.250. The zero-order valence-electron chi connectivity index (χ0n) is 11.9. The van der Waals surface area contributed by atoms with E-state index in [9.17, 15) is 0 Å². The van der Waals surface area contributed by atoms with Gasteiger partial charge in [-0.1, -0.05) is 36.2 Å². The monoisotopic (exact) mass is 303 g/mol. The number of rotatable bonds is 8. The molecule has 1 rings (SSSR count). The number of halogens is 2. The van der Waals surface area contributed by atoms with E-state index in [1.54, 1.807) is 0 Å². The molecule has 19 heavy (non-hydrogen) atoms. The Kier molecular flexibility index (Phi) is 7.77. The van der Waals surface area contributed by atoms with Crippen LogP contribution in [0.3, 0.4) is 0 Å². The van der Waals surface area contributed by atoms with E-state index in [0.717, 1.165) is 19.4 Å². The first-order chi connectivity index (χ1) is 9.02. The summed E-state index contributed by atoms with van der Waals surface area (Å²) in [5, 5.41) is 4.71. The quantitative estimate of drug-likeness (QED) is 0.772. The maximum atomic E-state index is 6.05. The van der Waals surface area contributed by atoms with Crippen molar-refractivity contribution in [2.75, 3.05) is 13.2 Å². The highest BCUT2D eigenvalue weighted by atomic mass is 35.5. The minimum atomic E-state index is 0.250. The Morgan fingerprint density at radius 1 is 1.21 bits per heavy atom. The number of nitrogens with one attached hydrogen (secondary N) is 1. The van der Waals surface area contributed by atoms with E-state index in [0.29, 0.717) is 22.7 Å². The highest BCUT2D eigenvalue weighted by Gasteiger charge is 2.11. The Morgan fingerprint density at radius 3 is 2.53 bits per heavy atom. The third-order valence-electron chi connectivity index (χ3n) is 2.78. The summed E-state index contributed by atoms with van der Waals surface area (Å²) >= 11 is 12.0. The van der Waals surface area contributed by atoms with Gasteiger partial charge in [0.1, 0.15) is 0 Å². The molecule has 2 nitrogen and oxygen atoms in total. The fourth-order valence-corrected chi connectivity index (χ4v) is 2.12. The normalized spacial score (nSPS) is 12.9. The van der Waals surface area contributed by atoms with Crippen molar-refractivity contribution in [2.45, 2.75) is 45.8 Å². The lowest BCUT2D eigenvalue weighted by atomic mass is 10.1. The van der Waals surface area contributed by atoms with Crippen LogP contribution in [-0.4, -0.2) is 25.3 Å². The summed E-state index contributed by atoms with van der Waals surface area (Å²) in [6, 6.07) is 6.10. The average molecular weight is 304 g/mol. The van der Waals surface area contributed by atoms with Crippen LogP contribution in [0.15, 0.2) is 18.2 Å². The summed E-state index contributed by atoms with van der Waals surface area (Å²) in [7, 11) is 0. The van der Waals surface area contributed by atoms with Crippen molar-refractivity contribution in [3.05, 3.63) is 33.8 Å². The molecule has 1 N–H and O–H groups in total. The standard InChI is InChI=1S/C15H23Cl2NO/c1-4-7-18-13(10-19-11(2)3)8-12-5-6-14(16)15(17)9-12/h5-6,9,11,13,18H,4,7-8,10H2,1-3H3. The van der Waals surface area contributed by atoms with Gasteiger partial charge in [0.25, 0.3) is 0 Å². The van der Waals surface area contributed by atoms with Crippen LogP contribution in [0.2, 0.25) is 10.0 Å². The molecule has 1 atom stereocenters. The number of benzene rings is 1. The molecule has 0 saturated heterocycles. The second kappa shape index (κ2) is 8.80. The molecule has 0 radical (unpaired) electrons. The second-order valence-corrected chi connectivity index (χ2v) is 5.80. The van der Waals surface area contributed by atoms with Crippen molar-refractivity contribution in [3.8, 4) is 0 Å². The second-order valence-electron chi connectivity index (χ2n) is 4.99. The van der Waals surface area contributed by atoms with Gasteiger partial charge in [0.05, 0.1) is 22.8 Å². The van der Waals surface area contributed by atoms with Crippen LogP contribution in [0.5, 0.6) is 0 Å². The van der Waals surface area contributed by atoms with Crippen LogP contribution in [0.1, 0.15) is 32.8 Å². The molecule has 108 valence electrons. The van der Waals surface area contributed by atoms with Crippen LogP contribution < -0.4 is 5.32 Å². The SMILES string of the molecule is CCCNC(COC(C)C)Cc1ccc(Cl)c(Cl)c1. The number of ether oxygens (including phenoxy) is 1. The van der Waals surface area contributed by atoms with E-state index in [1.165, 1.54) is 5.56 Å². The molecule has 0 aliphatic carbocycles. The molecule has 0 aliphatic rings. The fourth-order valence-electron chi connectivity index (χ4n) is 1.80. The zero-order chi connectivity index (χ0) is 14.3. The van der Waals surface area contributed by atoms with E-state index < -0.39 is 0 Å². The van der Waals surface area contributed by atoms with E-state index in [1.807, 2.05) is 18.2 Å². The van der Waals surface area contributed by atoms with Gasteiger partial charge in [-0.2, -0.15) is 0 Å². The summed E-state index contributed by atoms with van der Waals surface area (Å²) in [5.41, 5.74) is 1.18. The van der Waals surface area contributed by atoms with Crippen molar-refractivity contribution in [2.24, 2.45) is 0 Å². The predicted molar refractivity (Wildman–Crippen MR) is 83.3 cm³/mol. The van der Waals surface area contributed by atoms with Crippen molar-refractivity contribution in [1.82, 2.24) is 5.32 Å². The fraction of sp³-hybridized carbons (Fsp3) is 0.600. The van der Waals surface area contributed by atoms with E-state index in [-0.39, 0.29) is 6.10 Å². The molecule has 0 spiro atoms. The average Bonchev–Trinajstić information content (AvgIpc) is 2.37. The summed E-state index contributed by atoms with van der Waals surface area (Å²) in [6.07, 6.45) is 2.25. The molecule has 4 heteroatoms. The van der Waals surface area contributed by atoms with Gasteiger partial charge < -0.3 is 10.1 Å². The molecule has 0 saturated carbocycles. The van der Waals surface area contributed by atoms with Gasteiger partial charge in [0.2, 0.25) is 0 Å². The topological polar surface area (TPSA) is 21.3 Å². The Hall–Kier alpha value is -0.280. The molecule has 1 unspecified atom stereocenters. The maximum absolute atomic E-state index is 6.05. The van der Waals surface area contributed by atoms with Crippen LogP contribution in [0.4, 0.5) is 0 Å². The Morgan fingerprint density at radius 2 is 1.95 bits per heavy atom. The van der Waals surface area contributed by atoms with E-state index in [4.69, 9.17) is 27.9 Å². The zero-order valence-corrected chi connectivity index (χ0v) is 13.4. The summed E-state index contributed by atoms with van der Waals surface area (Å²) in [4.78, 5) is 0. The van der Waals surface area contributed by atoms with Gasteiger partial charge in [-0.3, -0.25) is 0 Å². The predicted octanol–water partition coefficient (Wildman–Crippen LogP) is 4.33. The van der Waals surface area contributed by atoms with Crippen molar-refractivity contribution in [3.63, 3.8) is 0 Å². The molecule has 1 aromatic carbocycles. The Bertz CT molecular complexity index is 382. The molecule has 0 bridgehead atoms. The smallest absolute Gasteiger partial charge is 0.0626 e. The molecule has 0 amide bonds. The lowest BCUT2D eigenvalue weighted by molar-refractivity contribution is 0.0613. The van der Waals surface area contributed by atoms with Crippen LogP contribution in [0, 0.1) is 0 Å². The lowest BCUT2D eigenvalue weighted by Gasteiger charge is -2.20. The first-order valence-electron chi connectivity index (χ1n) is 6.81. The molecule has 0 heterocycles. The highest BCUT2D eigenvalue weighted by Crippen LogP contribution is 2.23. The van der Waals surface area contributed by atoms with Crippen LogP contribution in [-0.2, 0) is 11.2 Å². The van der Waals surface area contributed by atoms with Gasteiger partial charge >= 0.3 is 0 Å². The van der Waals surface area contributed by atoms with Gasteiger partial charge in [0.15, 0.2) is 0 Å². The lowest BCUT2D eigenvalue weighted by Crippen LogP contribution is -2.36. The van der Waals surface area contributed by atoms with Crippen LogP contribution in [0.25, 0.3) is 0 Å². The van der Waals surface area contributed by atoms with Crippen molar-refractivity contribution in [1.29, 1.82) is 0 Å². The van der Waals surface area contributed by atoms with Gasteiger partial charge in [-0.05, 0) is 50.9 Å². The summed E-state index contributed by atoms with van der Waals surface area (Å²) in [6.45, 7) is 7.96. The third kappa shape index (κ3) is 6.62. The van der Waals surface area contributed by atoms with Crippen molar-refractivity contribution >= 4 is 23.2 Å². The molecule has 0 aliphatic heterocycles. The molecular weight excluding hydrogens is 281 g/mol. The first kappa shape index (κ1) is 16.8. The summed E-state index contributed by atoms with van der Waals surface area (Å²) in [5.74, 6) is 0. The van der Waals surface area contributed by atoms with E-state index >= 15 is 0 Å². The van der Waals surface area contributed by atoms with Gasteiger partial charge in [-0.15, -0.1) is 0 Å². The molecule has 0 fully saturated rings. The minimum Gasteiger partial charge on any atom is -0.377 e. The highest BCUT2D eigenvalue weighted by molar-refractivity contribution is 6.42. The summed E-state index contributed by atoms with van der Waals surface area (Å²) < 4.78 is 5.71. The Labute approximate surface area is 126 Å². The maximum Gasteiger partial charge on any atom is 0.0626 e. The van der Waals surface area contributed by atoms with Crippen molar-refractivity contribution < 1.29 is 4.74 Å². The van der Waals surface area contributed by atoms with E-state index in [2.05, 4.69) is 26.1 Å². The number of hydrogen-bond acceptors (Lipinski definition) is 2. The van der Waals surface area contributed by atoms with Crippen LogP contribution >= 0.6 is 23.2 Å². The largest absolute Gasteiger partial charge is 0.377 e. The molecular formula is C15H23Cl2NO. The van der Waals surface area contributed by atoms with Gasteiger partial charge in [-0.25, -0.2) is 0 Å². The first-order valence-corrected chi connectivity index (χ1v) is 7.57. The Balaban J connectivity index is 2.61. The van der Waals surface area contributed by atoms with Gasteiger partial charge in [0, 0.05) is 6.04 Å². The molecule has 0 aromatic heterocycles. The molecule has 1 aromatic rings. The third-order valence-corrected chi connectivity index (χ3v) is 3.52. The number of hydrogen-bond donors (Lipinski definition) is 1.